The van der Waals surface area contributed by atoms with Crippen LogP contribution < -0.4 is 0 Å². The van der Waals surface area contributed by atoms with Gasteiger partial charge in [-0.15, -0.1) is 0 Å². The second-order valence-corrected chi connectivity index (χ2v) is 13.6. The zero-order valence-corrected chi connectivity index (χ0v) is 28.5. The van der Waals surface area contributed by atoms with Crippen LogP contribution >= 0.6 is 0 Å². The van der Waals surface area contributed by atoms with Gasteiger partial charge in [-0.25, -0.2) is 0 Å². The molecule has 9 nitrogen and oxygen atoms in total. The van der Waals surface area contributed by atoms with E-state index >= 15 is 0 Å². The van der Waals surface area contributed by atoms with Crippen molar-refractivity contribution >= 4 is 65.0 Å². The third-order valence-electron chi connectivity index (χ3n) is 10.7. The molecule has 0 amide bonds. The van der Waals surface area contributed by atoms with E-state index in [1.807, 2.05) is 72.8 Å². The highest BCUT2D eigenvalue weighted by Gasteiger charge is 2.33. The summed E-state index contributed by atoms with van der Waals surface area (Å²) < 4.78 is 6.70. The van der Waals surface area contributed by atoms with E-state index in [9.17, 15) is 40.9 Å². The Morgan fingerprint density at radius 3 is 1.09 bits per heavy atom. The molecule has 55 heavy (non-hydrogen) atoms. The quantitative estimate of drug-likeness (QED) is 0.0501. The van der Waals surface area contributed by atoms with Gasteiger partial charge in [-0.1, -0.05) is 109 Å². The topological polar surface area (TPSA) is 175 Å². The van der Waals surface area contributed by atoms with Crippen molar-refractivity contribution in [3.05, 3.63) is 121 Å². The van der Waals surface area contributed by atoms with Crippen LogP contribution in [0, 0.1) is 0 Å². The van der Waals surface area contributed by atoms with Crippen molar-refractivity contribution in [2.75, 3.05) is 0 Å². The molecular weight excluding hydrogens is 696 g/mol. The minimum atomic E-state index is -1.04. The van der Waals surface area contributed by atoms with Gasteiger partial charge in [0.25, 0.3) is 0 Å². The summed E-state index contributed by atoms with van der Waals surface area (Å²) in [4.78, 5) is 0. The van der Waals surface area contributed by atoms with E-state index in [1.165, 1.54) is 0 Å². The Hall–Kier alpha value is -7.78. The van der Waals surface area contributed by atoms with Crippen LogP contribution in [0.2, 0.25) is 0 Å². The van der Waals surface area contributed by atoms with E-state index in [-0.39, 0.29) is 32.7 Å². The van der Waals surface area contributed by atoms with Crippen molar-refractivity contribution in [3.8, 4) is 79.4 Å². The van der Waals surface area contributed by atoms with Gasteiger partial charge in [-0.3, -0.25) is 0 Å². The van der Waals surface area contributed by atoms with Gasteiger partial charge in [0.15, 0.2) is 23.0 Å². The Kier molecular flexibility index (Phi) is 6.59. The standard InChI is InChI=1S/C46H28O9/c47-39-35-31(22-13-5-2-6-14-22)36-38(42(50)46(54)44(52)40(36)48)34(37(35)41(49)45(53)43(39)51)28-20-30-33(26-18-10-8-16-24(26)28)32-25-17-9-7-15-23(25)27(19-29(32)55-30)21-11-3-1-4-12-21/h1-20,47-54H. The minimum Gasteiger partial charge on any atom is -0.504 e. The second-order valence-electron chi connectivity index (χ2n) is 13.6. The summed E-state index contributed by atoms with van der Waals surface area (Å²) in [5.41, 5.74) is 3.53. The Morgan fingerprint density at radius 1 is 0.291 bits per heavy atom. The lowest BCUT2D eigenvalue weighted by Gasteiger charge is -2.23. The minimum absolute atomic E-state index is 0.0189. The first kappa shape index (κ1) is 31.9. The third kappa shape index (κ3) is 4.23. The van der Waals surface area contributed by atoms with E-state index in [0.29, 0.717) is 33.1 Å². The molecule has 266 valence electrons. The molecule has 1 heterocycles. The van der Waals surface area contributed by atoms with E-state index in [2.05, 4.69) is 6.07 Å². The molecule has 0 bridgehead atoms. The number of phenols is 8. The highest BCUT2D eigenvalue weighted by Crippen LogP contribution is 2.62. The number of benzene rings is 9. The molecule has 0 saturated heterocycles. The fourth-order valence-electron chi connectivity index (χ4n) is 8.34. The summed E-state index contributed by atoms with van der Waals surface area (Å²) in [6.07, 6.45) is 0. The molecule has 10 aromatic rings. The maximum atomic E-state index is 11.8. The summed E-state index contributed by atoms with van der Waals surface area (Å²) in [5.74, 6) is -7.51. The summed E-state index contributed by atoms with van der Waals surface area (Å²) in [6, 6.07) is 37.4. The summed E-state index contributed by atoms with van der Waals surface area (Å²) in [5, 5.41) is 94.7. The number of hydrogen-bond acceptors (Lipinski definition) is 9. The Balaban J connectivity index is 1.46. The molecule has 0 atom stereocenters. The van der Waals surface area contributed by atoms with Crippen molar-refractivity contribution in [1.29, 1.82) is 0 Å². The fourth-order valence-corrected chi connectivity index (χ4v) is 8.34. The molecule has 10 rings (SSSR count). The third-order valence-corrected chi connectivity index (χ3v) is 10.7. The summed E-state index contributed by atoms with van der Waals surface area (Å²) in [7, 11) is 0. The van der Waals surface area contributed by atoms with Gasteiger partial charge >= 0.3 is 0 Å². The molecule has 0 fully saturated rings. The number of phenolic OH excluding ortho intramolecular Hbond substituents is 8. The van der Waals surface area contributed by atoms with E-state index in [0.717, 1.165) is 32.7 Å². The molecule has 0 radical (unpaired) electrons. The van der Waals surface area contributed by atoms with Crippen molar-refractivity contribution in [2.24, 2.45) is 0 Å². The van der Waals surface area contributed by atoms with E-state index in [4.69, 9.17) is 4.42 Å². The predicted molar refractivity (Wildman–Crippen MR) is 213 cm³/mol. The van der Waals surface area contributed by atoms with Gasteiger partial charge in [0, 0.05) is 43.4 Å². The van der Waals surface area contributed by atoms with Crippen molar-refractivity contribution in [2.45, 2.75) is 0 Å². The van der Waals surface area contributed by atoms with Crippen LogP contribution in [0.3, 0.4) is 0 Å². The zero-order chi connectivity index (χ0) is 37.9. The first-order valence-electron chi connectivity index (χ1n) is 17.3. The summed E-state index contributed by atoms with van der Waals surface area (Å²) in [6.45, 7) is 0. The predicted octanol–water partition coefficient (Wildman–Crippen LogP) is 10.8. The number of aromatic hydroxyl groups is 8. The maximum Gasteiger partial charge on any atom is 0.204 e. The average molecular weight is 725 g/mol. The molecule has 0 aliphatic heterocycles. The van der Waals surface area contributed by atoms with Crippen LogP contribution in [0.15, 0.2) is 126 Å². The number of hydrogen-bond donors (Lipinski definition) is 8. The van der Waals surface area contributed by atoms with Crippen LogP contribution in [-0.4, -0.2) is 40.9 Å². The number of fused-ring (bicyclic) bond motifs is 9. The van der Waals surface area contributed by atoms with E-state index < -0.39 is 46.0 Å². The Morgan fingerprint density at radius 2 is 0.636 bits per heavy atom. The first-order chi connectivity index (χ1) is 26.7. The average Bonchev–Trinajstić information content (AvgIpc) is 3.61. The fraction of sp³-hybridized carbons (Fsp3) is 0. The van der Waals surface area contributed by atoms with Crippen molar-refractivity contribution in [1.82, 2.24) is 0 Å². The van der Waals surface area contributed by atoms with Crippen LogP contribution in [0.1, 0.15) is 0 Å². The lowest BCUT2D eigenvalue weighted by atomic mass is 9.82. The van der Waals surface area contributed by atoms with Gasteiger partial charge in [0.1, 0.15) is 11.2 Å². The smallest absolute Gasteiger partial charge is 0.204 e. The number of rotatable bonds is 3. The lowest BCUT2D eigenvalue weighted by Crippen LogP contribution is -1.95. The van der Waals surface area contributed by atoms with Crippen LogP contribution in [-0.2, 0) is 0 Å². The highest BCUT2D eigenvalue weighted by molar-refractivity contribution is 6.34. The SMILES string of the molecule is Oc1c(O)c(O)c2c(-c3cc4oc5cc(-c6ccccc6)c6ccccc6c5c4c4ccccc34)c3c(O)c(O)c(O)c(O)c3c(-c3ccccc3)c2c1O. The monoisotopic (exact) mass is 724 g/mol. The van der Waals surface area contributed by atoms with Gasteiger partial charge in [0.2, 0.25) is 23.0 Å². The van der Waals surface area contributed by atoms with Crippen LogP contribution in [0.25, 0.3) is 98.4 Å². The van der Waals surface area contributed by atoms with Gasteiger partial charge < -0.3 is 45.3 Å². The normalized spacial score (nSPS) is 11.9. The molecule has 0 spiro atoms. The first-order valence-corrected chi connectivity index (χ1v) is 17.3. The van der Waals surface area contributed by atoms with Gasteiger partial charge in [-0.2, -0.15) is 0 Å². The Labute approximate surface area is 310 Å². The molecule has 0 unspecified atom stereocenters. The van der Waals surface area contributed by atoms with Crippen LogP contribution in [0.5, 0.6) is 46.0 Å². The molecule has 8 N–H and O–H groups in total. The van der Waals surface area contributed by atoms with Crippen molar-refractivity contribution < 1.29 is 45.3 Å². The van der Waals surface area contributed by atoms with Crippen LogP contribution in [0.4, 0.5) is 0 Å². The second kappa shape index (κ2) is 11.4. The molecule has 1 aromatic heterocycles. The molecule has 0 saturated carbocycles. The molecular formula is C46H28O9. The zero-order valence-electron chi connectivity index (χ0n) is 28.5. The van der Waals surface area contributed by atoms with E-state index in [1.54, 1.807) is 42.5 Å². The molecule has 0 aliphatic carbocycles. The molecule has 9 heteroatoms. The highest BCUT2D eigenvalue weighted by atomic mass is 16.4. The Bertz CT molecular complexity index is 3200. The molecule has 9 aromatic carbocycles. The van der Waals surface area contributed by atoms with Crippen molar-refractivity contribution in [3.63, 3.8) is 0 Å². The van der Waals surface area contributed by atoms with Gasteiger partial charge in [-0.05, 0) is 55.9 Å². The van der Waals surface area contributed by atoms with Gasteiger partial charge in [0.05, 0.1) is 0 Å². The maximum absolute atomic E-state index is 11.8. The lowest BCUT2D eigenvalue weighted by molar-refractivity contribution is 0.350. The molecule has 0 aliphatic rings. The number of furan rings is 1. The summed E-state index contributed by atoms with van der Waals surface area (Å²) >= 11 is 0. The largest absolute Gasteiger partial charge is 0.504 e.